The average molecular weight is 476 g/mol. The lowest BCUT2D eigenvalue weighted by Gasteiger charge is -2.26. The van der Waals surface area contributed by atoms with Gasteiger partial charge in [-0.25, -0.2) is 4.79 Å². The topological polar surface area (TPSA) is 263 Å². The van der Waals surface area contributed by atoms with Crippen molar-refractivity contribution in [2.45, 2.75) is 63.7 Å². The van der Waals surface area contributed by atoms with Gasteiger partial charge < -0.3 is 42.1 Å². The Morgan fingerprint density at radius 3 is 1.61 bits per heavy atom. The smallest absolute Gasteiger partial charge is 0.326 e. The van der Waals surface area contributed by atoms with Gasteiger partial charge >= 0.3 is 23.9 Å². The van der Waals surface area contributed by atoms with Crippen LogP contribution in [0, 0.1) is 5.92 Å². The molecule has 4 atom stereocenters. The minimum atomic E-state index is -1.88. The van der Waals surface area contributed by atoms with Crippen LogP contribution in [0.4, 0.5) is 0 Å². The van der Waals surface area contributed by atoms with E-state index in [0.717, 1.165) is 0 Å². The molecule has 15 nitrogen and oxygen atoms in total. The van der Waals surface area contributed by atoms with Crippen LogP contribution in [0.3, 0.4) is 0 Å². The Kier molecular flexibility index (Phi) is 12.1. The van der Waals surface area contributed by atoms with E-state index in [1.165, 1.54) is 13.8 Å². The Hall–Kier alpha value is -3.75. The third-order valence-corrected chi connectivity index (χ3v) is 4.26. The first kappa shape index (κ1) is 29.2. The van der Waals surface area contributed by atoms with Gasteiger partial charge in [0.15, 0.2) is 0 Å². The second-order valence-corrected chi connectivity index (χ2v) is 7.43. The Labute approximate surface area is 187 Å². The summed E-state index contributed by atoms with van der Waals surface area (Å²) in [6, 6.07) is -6.21. The maximum atomic E-state index is 12.7. The molecule has 4 unspecified atom stereocenters. The summed E-state index contributed by atoms with van der Waals surface area (Å²) in [6.07, 6.45) is -2.56. The van der Waals surface area contributed by atoms with Crippen LogP contribution >= 0.6 is 0 Å². The molecule has 15 heteroatoms. The molecule has 9 N–H and O–H groups in total. The molecule has 33 heavy (non-hydrogen) atoms. The predicted molar refractivity (Wildman–Crippen MR) is 108 cm³/mol. The lowest BCUT2D eigenvalue weighted by molar-refractivity contribution is -0.148. The third kappa shape index (κ3) is 11.4. The summed E-state index contributed by atoms with van der Waals surface area (Å²) in [6.45, 7) is 3.04. The Bertz CT molecular complexity index is 783. The summed E-state index contributed by atoms with van der Waals surface area (Å²) in [5, 5.41) is 41.7. The van der Waals surface area contributed by atoms with E-state index in [2.05, 4.69) is 10.6 Å². The molecule has 0 heterocycles. The maximum absolute atomic E-state index is 12.7. The second kappa shape index (κ2) is 13.6. The Balaban J connectivity index is 5.44. The minimum absolute atomic E-state index is 0.211. The van der Waals surface area contributed by atoms with Gasteiger partial charge in [0, 0.05) is 6.42 Å². The molecule has 0 saturated heterocycles. The van der Waals surface area contributed by atoms with E-state index in [1.54, 1.807) is 0 Å². The number of nitrogens with two attached hydrogens (primary N) is 1. The van der Waals surface area contributed by atoms with Crippen LogP contribution in [0.5, 0.6) is 0 Å². The highest BCUT2D eigenvalue weighted by molar-refractivity contribution is 5.96. The van der Waals surface area contributed by atoms with Gasteiger partial charge in [-0.2, -0.15) is 0 Å². The molecule has 0 rings (SSSR count). The van der Waals surface area contributed by atoms with Gasteiger partial charge in [-0.3, -0.25) is 28.8 Å². The molecule has 0 spiro atoms. The minimum Gasteiger partial charge on any atom is -0.481 e. The first-order valence-corrected chi connectivity index (χ1v) is 9.70. The van der Waals surface area contributed by atoms with Crippen molar-refractivity contribution in [2.75, 3.05) is 0 Å². The molecule has 0 bridgehead atoms. The number of amides is 3. The highest BCUT2D eigenvalue weighted by Gasteiger charge is 2.33. The average Bonchev–Trinajstić information content (AvgIpc) is 2.67. The summed E-state index contributed by atoms with van der Waals surface area (Å²) < 4.78 is 0. The highest BCUT2D eigenvalue weighted by Crippen LogP contribution is 2.06. The van der Waals surface area contributed by atoms with Crippen molar-refractivity contribution in [3.63, 3.8) is 0 Å². The van der Waals surface area contributed by atoms with Crippen molar-refractivity contribution in [1.29, 1.82) is 0 Å². The molecular weight excluding hydrogens is 448 g/mol. The van der Waals surface area contributed by atoms with Crippen LogP contribution in [0.2, 0.25) is 0 Å². The third-order valence-electron chi connectivity index (χ3n) is 4.26. The Morgan fingerprint density at radius 2 is 1.18 bits per heavy atom. The largest absolute Gasteiger partial charge is 0.481 e. The zero-order chi connectivity index (χ0) is 25.9. The Morgan fingerprint density at radius 1 is 0.697 bits per heavy atom. The molecule has 0 radical (unpaired) electrons. The number of aliphatic carboxylic acids is 4. The van der Waals surface area contributed by atoms with Crippen molar-refractivity contribution in [3.8, 4) is 0 Å². The highest BCUT2D eigenvalue weighted by atomic mass is 16.4. The first-order chi connectivity index (χ1) is 15.1. The van der Waals surface area contributed by atoms with Gasteiger partial charge in [-0.15, -0.1) is 0 Å². The quantitative estimate of drug-likeness (QED) is 0.120. The number of carboxylic acids is 4. The number of carboxylic acid groups (broad SMARTS) is 4. The van der Waals surface area contributed by atoms with Crippen LogP contribution in [0.15, 0.2) is 0 Å². The monoisotopic (exact) mass is 476 g/mol. The van der Waals surface area contributed by atoms with E-state index in [1.807, 2.05) is 5.32 Å². The number of carbonyl (C=O) groups excluding carboxylic acids is 3. The lowest BCUT2D eigenvalue weighted by Crippen LogP contribution is -2.58. The second-order valence-electron chi connectivity index (χ2n) is 7.43. The van der Waals surface area contributed by atoms with E-state index < -0.39 is 90.9 Å². The van der Waals surface area contributed by atoms with Crippen LogP contribution < -0.4 is 21.7 Å². The van der Waals surface area contributed by atoms with Gasteiger partial charge in [-0.1, -0.05) is 13.8 Å². The number of nitrogens with one attached hydrogen (secondary N) is 3. The van der Waals surface area contributed by atoms with Crippen LogP contribution in [-0.4, -0.2) is 86.2 Å². The summed E-state index contributed by atoms with van der Waals surface area (Å²) >= 11 is 0. The van der Waals surface area contributed by atoms with Gasteiger partial charge in [-0.05, 0) is 12.3 Å². The van der Waals surface area contributed by atoms with E-state index in [9.17, 15) is 33.6 Å². The first-order valence-electron chi connectivity index (χ1n) is 9.70. The fourth-order valence-corrected chi connectivity index (χ4v) is 2.50. The van der Waals surface area contributed by atoms with Gasteiger partial charge in [0.25, 0.3) is 0 Å². The molecule has 0 aliphatic rings. The number of hydrogen-bond acceptors (Lipinski definition) is 8. The summed E-state index contributed by atoms with van der Waals surface area (Å²) in [7, 11) is 0. The molecule has 0 saturated carbocycles. The predicted octanol–water partition coefficient (Wildman–Crippen LogP) is -2.68. The van der Waals surface area contributed by atoms with E-state index >= 15 is 0 Å². The molecular formula is C18H28N4O11. The lowest BCUT2D eigenvalue weighted by atomic mass is 10.0. The van der Waals surface area contributed by atoms with E-state index in [0.29, 0.717) is 0 Å². The molecule has 0 aliphatic carbocycles. The normalized spacial score (nSPS) is 14.3. The molecule has 0 fully saturated rings. The van der Waals surface area contributed by atoms with E-state index in [4.69, 9.17) is 26.2 Å². The van der Waals surface area contributed by atoms with Crippen molar-refractivity contribution in [3.05, 3.63) is 0 Å². The molecule has 0 aromatic carbocycles. The van der Waals surface area contributed by atoms with Crippen LogP contribution in [0.1, 0.15) is 39.5 Å². The summed E-state index contributed by atoms with van der Waals surface area (Å²) in [5.74, 6) is -9.61. The van der Waals surface area contributed by atoms with Gasteiger partial charge in [0.2, 0.25) is 17.7 Å². The van der Waals surface area contributed by atoms with Crippen molar-refractivity contribution in [1.82, 2.24) is 16.0 Å². The SMILES string of the molecule is CC(C)C(NC(=O)C(N)CCC(=O)O)C(=O)NC(CC(=O)O)C(=O)NC(CC(=O)O)C(=O)O. The zero-order valence-corrected chi connectivity index (χ0v) is 17.9. The molecule has 0 aromatic rings. The van der Waals surface area contributed by atoms with Gasteiger partial charge in [0.05, 0.1) is 18.9 Å². The number of carbonyl (C=O) groups is 7. The molecule has 3 amide bonds. The number of hydrogen-bond donors (Lipinski definition) is 8. The summed E-state index contributed by atoms with van der Waals surface area (Å²) in [4.78, 5) is 80.9. The maximum Gasteiger partial charge on any atom is 0.326 e. The fraction of sp³-hybridized carbons (Fsp3) is 0.611. The zero-order valence-electron chi connectivity index (χ0n) is 17.9. The summed E-state index contributed by atoms with van der Waals surface area (Å²) in [5.41, 5.74) is 5.60. The van der Waals surface area contributed by atoms with E-state index in [-0.39, 0.29) is 6.42 Å². The molecule has 186 valence electrons. The molecule has 0 aliphatic heterocycles. The molecule has 0 aromatic heterocycles. The van der Waals surface area contributed by atoms with Crippen LogP contribution in [-0.2, 0) is 33.6 Å². The fourth-order valence-electron chi connectivity index (χ4n) is 2.50. The van der Waals surface area contributed by atoms with Crippen LogP contribution in [0.25, 0.3) is 0 Å². The standard InChI is InChI=1S/C18H28N4O11/c1-7(2)14(22-15(29)8(19)3-4-11(23)24)17(31)20-9(5-12(25)26)16(30)21-10(18(32)33)6-13(27)28/h7-10,14H,3-6,19H2,1-2H3,(H,20,31)(H,21,30)(H,22,29)(H,23,24)(H,25,26)(H,27,28)(H,32,33). The van der Waals surface area contributed by atoms with Crippen molar-refractivity contribution in [2.24, 2.45) is 11.7 Å². The van der Waals surface area contributed by atoms with Crippen molar-refractivity contribution < 1.29 is 54.0 Å². The van der Waals surface area contributed by atoms with Gasteiger partial charge in [0.1, 0.15) is 18.1 Å². The van der Waals surface area contributed by atoms with Crippen molar-refractivity contribution >= 4 is 41.6 Å². The number of rotatable bonds is 15.